The third-order valence-electron chi connectivity index (χ3n) is 2.91. The Hall–Kier alpha value is -2.75. The highest BCUT2D eigenvalue weighted by Gasteiger charge is 2.01. The number of phenols is 2. The van der Waals surface area contributed by atoms with Crippen LogP contribution in [0, 0.1) is 6.92 Å². The molecule has 0 bridgehead atoms. The summed E-state index contributed by atoms with van der Waals surface area (Å²) in [6, 6.07) is 12.0. The Bertz CT molecular complexity index is 657. The lowest BCUT2D eigenvalue weighted by molar-refractivity contribution is -0.138. The van der Waals surface area contributed by atoms with Crippen LogP contribution in [0.3, 0.4) is 0 Å². The molecule has 21 heavy (non-hydrogen) atoms. The minimum Gasteiger partial charge on any atom is -0.504 e. The van der Waals surface area contributed by atoms with Crippen LogP contribution in [-0.4, -0.2) is 16.2 Å². The first-order valence-electron chi connectivity index (χ1n) is 6.47. The molecule has 0 heterocycles. The molecule has 0 atom stereocenters. The molecule has 0 amide bonds. The van der Waals surface area contributed by atoms with E-state index in [4.69, 9.17) is 4.74 Å². The summed E-state index contributed by atoms with van der Waals surface area (Å²) in [6.45, 7) is 2.20. The number of rotatable bonds is 4. The number of hydrogen-bond acceptors (Lipinski definition) is 4. The molecule has 0 aromatic heterocycles. The van der Waals surface area contributed by atoms with Crippen LogP contribution in [0.1, 0.15) is 16.7 Å². The molecule has 0 spiro atoms. The van der Waals surface area contributed by atoms with E-state index in [-0.39, 0.29) is 18.1 Å². The number of aromatic hydroxyl groups is 2. The highest BCUT2D eigenvalue weighted by molar-refractivity contribution is 5.87. The smallest absolute Gasteiger partial charge is 0.331 e. The maximum Gasteiger partial charge on any atom is 0.331 e. The predicted octanol–water partition coefficient (Wildman–Crippen LogP) is 3.16. The molecule has 108 valence electrons. The Labute approximate surface area is 122 Å². The Kier molecular flexibility index (Phi) is 4.61. The predicted molar refractivity (Wildman–Crippen MR) is 79.8 cm³/mol. The molecule has 0 aliphatic heterocycles. The van der Waals surface area contributed by atoms with Crippen molar-refractivity contribution in [3.63, 3.8) is 0 Å². The van der Waals surface area contributed by atoms with Gasteiger partial charge in [0.05, 0.1) is 0 Å². The Balaban J connectivity index is 1.90. The van der Waals surface area contributed by atoms with Crippen LogP contribution < -0.4 is 0 Å². The zero-order valence-electron chi connectivity index (χ0n) is 11.6. The molecule has 0 aliphatic rings. The number of hydrogen-bond donors (Lipinski definition) is 2. The minimum absolute atomic E-state index is 0.200. The van der Waals surface area contributed by atoms with Crippen LogP contribution in [0.2, 0.25) is 0 Å². The van der Waals surface area contributed by atoms with Crippen LogP contribution in [0.15, 0.2) is 48.5 Å². The monoisotopic (exact) mass is 284 g/mol. The Morgan fingerprint density at radius 1 is 1.10 bits per heavy atom. The third kappa shape index (κ3) is 4.38. The van der Waals surface area contributed by atoms with Gasteiger partial charge >= 0.3 is 5.97 Å². The van der Waals surface area contributed by atoms with Crippen LogP contribution in [0.25, 0.3) is 6.08 Å². The van der Waals surface area contributed by atoms with Crippen molar-refractivity contribution < 1.29 is 19.7 Å². The van der Waals surface area contributed by atoms with Gasteiger partial charge < -0.3 is 14.9 Å². The number of carbonyl (C=O) groups excluding carboxylic acids is 1. The van der Waals surface area contributed by atoms with E-state index in [1.165, 1.54) is 24.3 Å². The molecule has 2 N–H and O–H groups in total. The number of phenolic OH excluding ortho intramolecular Hbond substituents is 2. The fourth-order valence-corrected chi connectivity index (χ4v) is 1.70. The molecule has 0 radical (unpaired) electrons. The van der Waals surface area contributed by atoms with Gasteiger partial charge in [-0.05, 0) is 36.3 Å². The average Bonchev–Trinajstić information content (AvgIpc) is 2.48. The van der Waals surface area contributed by atoms with Crippen molar-refractivity contribution in [3.8, 4) is 11.5 Å². The molecule has 4 nitrogen and oxygen atoms in total. The van der Waals surface area contributed by atoms with Gasteiger partial charge in [0, 0.05) is 6.08 Å². The van der Waals surface area contributed by atoms with Crippen molar-refractivity contribution in [1.82, 2.24) is 0 Å². The Morgan fingerprint density at radius 2 is 1.81 bits per heavy atom. The summed E-state index contributed by atoms with van der Waals surface area (Å²) in [4.78, 5) is 11.6. The van der Waals surface area contributed by atoms with Gasteiger partial charge in [-0.3, -0.25) is 0 Å². The number of ether oxygens (including phenoxy) is 1. The molecule has 4 heteroatoms. The largest absolute Gasteiger partial charge is 0.504 e. The lowest BCUT2D eigenvalue weighted by atomic mass is 10.2. The zero-order chi connectivity index (χ0) is 15.2. The van der Waals surface area contributed by atoms with E-state index in [0.29, 0.717) is 5.56 Å². The normalized spacial score (nSPS) is 10.7. The molecule has 2 aromatic carbocycles. The van der Waals surface area contributed by atoms with Crippen molar-refractivity contribution in [2.45, 2.75) is 13.5 Å². The first-order chi connectivity index (χ1) is 10.0. The van der Waals surface area contributed by atoms with Crippen molar-refractivity contribution in [2.24, 2.45) is 0 Å². The SMILES string of the molecule is Cc1ccc(COC(=O)C=Cc2ccc(O)c(O)c2)cc1. The number of carbonyl (C=O) groups is 1. The summed E-state index contributed by atoms with van der Waals surface area (Å²) < 4.78 is 5.11. The van der Waals surface area contributed by atoms with E-state index in [0.717, 1.165) is 11.1 Å². The first-order valence-corrected chi connectivity index (χ1v) is 6.47. The Morgan fingerprint density at radius 3 is 2.48 bits per heavy atom. The van der Waals surface area contributed by atoms with E-state index in [1.807, 2.05) is 31.2 Å². The van der Waals surface area contributed by atoms with Crippen LogP contribution in [0.4, 0.5) is 0 Å². The van der Waals surface area contributed by atoms with Gasteiger partial charge in [0.1, 0.15) is 6.61 Å². The lowest BCUT2D eigenvalue weighted by Crippen LogP contribution is -2.00. The van der Waals surface area contributed by atoms with E-state index < -0.39 is 5.97 Å². The van der Waals surface area contributed by atoms with Crippen molar-refractivity contribution in [2.75, 3.05) is 0 Å². The molecule has 0 fully saturated rings. The number of aryl methyl sites for hydroxylation is 1. The van der Waals surface area contributed by atoms with Gasteiger partial charge in [0.25, 0.3) is 0 Å². The van der Waals surface area contributed by atoms with Crippen LogP contribution in [0.5, 0.6) is 11.5 Å². The number of esters is 1. The highest BCUT2D eigenvalue weighted by Crippen LogP contribution is 2.25. The second-order valence-electron chi connectivity index (χ2n) is 4.67. The first kappa shape index (κ1) is 14.7. The van der Waals surface area contributed by atoms with E-state index in [1.54, 1.807) is 6.07 Å². The van der Waals surface area contributed by atoms with Crippen molar-refractivity contribution in [1.29, 1.82) is 0 Å². The topological polar surface area (TPSA) is 66.8 Å². The molecular weight excluding hydrogens is 268 g/mol. The summed E-state index contributed by atoms with van der Waals surface area (Å²) in [5, 5.41) is 18.5. The van der Waals surface area contributed by atoms with E-state index in [9.17, 15) is 15.0 Å². The molecule has 0 saturated heterocycles. The average molecular weight is 284 g/mol. The van der Waals surface area contributed by atoms with Gasteiger partial charge in [-0.2, -0.15) is 0 Å². The van der Waals surface area contributed by atoms with Gasteiger partial charge in [-0.1, -0.05) is 35.9 Å². The van der Waals surface area contributed by atoms with Crippen LogP contribution in [-0.2, 0) is 16.1 Å². The quantitative estimate of drug-likeness (QED) is 0.514. The van der Waals surface area contributed by atoms with Gasteiger partial charge in [0.2, 0.25) is 0 Å². The molecule has 2 rings (SSSR count). The fraction of sp³-hybridized carbons (Fsp3) is 0.118. The minimum atomic E-state index is -0.469. The van der Waals surface area contributed by atoms with Crippen LogP contribution >= 0.6 is 0 Å². The lowest BCUT2D eigenvalue weighted by Gasteiger charge is -2.03. The van der Waals surface area contributed by atoms with Gasteiger partial charge in [-0.15, -0.1) is 0 Å². The fourth-order valence-electron chi connectivity index (χ4n) is 1.70. The molecule has 0 unspecified atom stereocenters. The third-order valence-corrected chi connectivity index (χ3v) is 2.91. The standard InChI is InChI=1S/C17H16O4/c1-12-2-4-14(5-3-12)11-21-17(20)9-7-13-6-8-15(18)16(19)10-13/h2-10,18-19H,11H2,1H3. The highest BCUT2D eigenvalue weighted by atomic mass is 16.5. The molecule has 2 aromatic rings. The summed E-state index contributed by atoms with van der Waals surface area (Å²) in [5.74, 6) is -0.901. The molecular formula is C17H16O4. The second kappa shape index (κ2) is 6.61. The summed E-state index contributed by atoms with van der Waals surface area (Å²) in [5.41, 5.74) is 2.67. The summed E-state index contributed by atoms with van der Waals surface area (Å²) >= 11 is 0. The maximum atomic E-state index is 11.6. The van der Waals surface area contributed by atoms with E-state index >= 15 is 0 Å². The molecule has 0 aliphatic carbocycles. The van der Waals surface area contributed by atoms with Gasteiger partial charge in [-0.25, -0.2) is 4.79 Å². The zero-order valence-corrected chi connectivity index (χ0v) is 11.6. The summed E-state index contributed by atoms with van der Waals surface area (Å²) in [7, 11) is 0. The maximum absolute atomic E-state index is 11.6. The number of benzene rings is 2. The van der Waals surface area contributed by atoms with E-state index in [2.05, 4.69) is 0 Å². The second-order valence-corrected chi connectivity index (χ2v) is 4.67. The summed E-state index contributed by atoms with van der Waals surface area (Å²) in [6.07, 6.45) is 2.79. The van der Waals surface area contributed by atoms with Crippen molar-refractivity contribution >= 4 is 12.0 Å². The van der Waals surface area contributed by atoms with Crippen molar-refractivity contribution in [3.05, 3.63) is 65.2 Å². The van der Waals surface area contributed by atoms with Gasteiger partial charge in [0.15, 0.2) is 11.5 Å². The molecule has 0 saturated carbocycles.